The van der Waals surface area contributed by atoms with Crippen molar-refractivity contribution in [3.05, 3.63) is 0 Å². The average molecular weight is 196 g/mol. The maximum absolute atomic E-state index is 11.4. The molecular formula is C11H20N2O. The van der Waals surface area contributed by atoms with E-state index in [1.807, 2.05) is 34.6 Å². The molecule has 0 fully saturated rings. The summed E-state index contributed by atoms with van der Waals surface area (Å²) in [7, 11) is 0. The number of terminal acetylenes is 1. The summed E-state index contributed by atoms with van der Waals surface area (Å²) < 4.78 is 0. The predicted octanol–water partition coefficient (Wildman–Crippen LogP) is 0.902. The van der Waals surface area contributed by atoms with E-state index in [0.29, 0.717) is 0 Å². The first-order valence-corrected chi connectivity index (χ1v) is 4.70. The molecule has 0 aliphatic rings. The van der Waals surface area contributed by atoms with E-state index in [-0.39, 0.29) is 18.0 Å². The van der Waals surface area contributed by atoms with Crippen LogP contribution in [0, 0.1) is 12.3 Å². The fraction of sp³-hybridized carbons (Fsp3) is 0.727. The third-order valence-corrected chi connectivity index (χ3v) is 1.57. The molecule has 0 aliphatic heterocycles. The van der Waals surface area contributed by atoms with Gasteiger partial charge in [0.15, 0.2) is 0 Å². The Morgan fingerprint density at radius 1 is 1.29 bits per heavy atom. The Balaban J connectivity index is 3.95. The molecule has 0 rings (SSSR count). The van der Waals surface area contributed by atoms with E-state index in [4.69, 9.17) is 6.42 Å². The molecule has 0 radical (unpaired) electrons. The summed E-state index contributed by atoms with van der Waals surface area (Å²) >= 11 is 0. The lowest BCUT2D eigenvalue weighted by Gasteiger charge is -2.23. The smallest absolute Gasteiger partial charge is 0.234 e. The van der Waals surface area contributed by atoms with Crippen LogP contribution in [-0.4, -0.2) is 23.5 Å². The summed E-state index contributed by atoms with van der Waals surface area (Å²) in [4.78, 5) is 11.4. The van der Waals surface area contributed by atoms with Gasteiger partial charge in [-0.2, -0.15) is 0 Å². The highest BCUT2D eigenvalue weighted by atomic mass is 16.2. The SMILES string of the molecule is C#CC(C)(C)NCC(=O)NC(C)(C)C. The fourth-order valence-electron chi connectivity index (χ4n) is 0.815. The van der Waals surface area contributed by atoms with E-state index in [0.717, 1.165) is 0 Å². The summed E-state index contributed by atoms with van der Waals surface area (Å²) in [5.74, 6) is 2.53. The highest BCUT2D eigenvalue weighted by Crippen LogP contribution is 1.99. The maximum Gasteiger partial charge on any atom is 0.234 e. The Morgan fingerprint density at radius 3 is 2.14 bits per heavy atom. The van der Waals surface area contributed by atoms with Crippen LogP contribution in [0.5, 0.6) is 0 Å². The Hall–Kier alpha value is -1.01. The molecule has 0 saturated carbocycles. The Morgan fingerprint density at radius 2 is 1.79 bits per heavy atom. The first-order valence-electron chi connectivity index (χ1n) is 4.70. The first-order chi connectivity index (χ1) is 6.16. The van der Waals surface area contributed by atoms with Crippen LogP contribution in [0.3, 0.4) is 0 Å². The second-order valence-electron chi connectivity index (χ2n) is 4.92. The van der Waals surface area contributed by atoms with E-state index in [1.54, 1.807) is 0 Å². The van der Waals surface area contributed by atoms with Crippen LogP contribution in [0.15, 0.2) is 0 Å². The second kappa shape index (κ2) is 4.47. The van der Waals surface area contributed by atoms with E-state index in [2.05, 4.69) is 16.6 Å². The van der Waals surface area contributed by atoms with Crippen LogP contribution in [0.1, 0.15) is 34.6 Å². The van der Waals surface area contributed by atoms with Crippen molar-refractivity contribution in [2.45, 2.75) is 45.7 Å². The highest BCUT2D eigenvalue weighted by molar-refractivity contribution is 5.78. The van der Waals surface area contributed by atoms with E-state index in [9.17, 15) is 4.79 Å². The van der Waals surface area contributed by atoms with Crippen molar-refractivity contribution in [1.82, 2.24) is 10.6 Å². The van der Waals surface area contributed by atoms with Crippen molar-refractivity contribution in [1.29, 1.82) is 0 Å². The first kappa shape index (κ1) is 13.0. The fourth-order valence-corrected chi connectivity index (χ4v) is 0.815. The molecule has 0 bridgehead atoms. The highest BCUT2D eigenvalue weighted by Gasteiger charge is 2.17. The topological polar surface area (TPSA) is 41.1 Å². The van der Waals surface area contributed by atoms with E-state index < -0.39 is 5.54 Å². The van der Waals surface area contributed by atoms with Crippen LogP contribution in [0.25, 0.3) is 0 Å². The van der Waals surface area contributed by atoms with Gasteiger partial charge in [-0.15, -0.1) is 6.42 Å². The molecule has 0 aliphatic carbocycles. The zero-order chi connectivity index (χ0) is 11.4. The number of hydrogen-bond donors (Lipinski definition) is 2. The third-order valence-electron chi connectivity index (χ3n) is 1.57. The van der Waals surface area contributed by atoms with Gasteiger partial charge in [-0.05, 0) is 34.6 Å². The number of nitrogens with one attached hydrogen (secondary N) is 2. The van der Waals surface area contributed by atoms with Gasteiger partial charge in [0, 0.05) is 5.54 Å². The van der Waals surface area contributed by atoms with Gasteiger partial charge in [0.05, 0.1) is 12.1 Å². The predicted molar refractivity (Wildman–Crippen MR) is 58.8 cm³/mol. The van der Waals surface area contributed by atoms with Crippen molar-refractivity contribution in [3.8, 4) is 12.3 Å². The number of hydrogen-bond acceptors (Lipinski definition) is 2. The van der Waals surface area contributed by atoms with Crippen molar-refractivity contribution >= 4 is 5.91 Å². The number of rotatable bonds is 3. The van der Waals surface area contributed by atoms with Crippen LogP contribution < -0.4 is 10.6 Å². The third kappa shape index (κ3) is 6.50. The van der Waals surface area contributed by atoms with Gasteiger partial charge in [0.2, 0.25) is 5.91 Å². The molecule has 80 valence electrons. The molecule has 0 aromatic carbocycles. The van der Waals surface area contributed by atoms with Crippen LogP contribution in [0.4, 0.5) is 0 Å². The molecule has 14 heavy (non-hydrogen) atoms. The second-order valence-corrected chi connectivity index (χ2v) is 4.92. The zero-order valence-corrected chi connectivity index (χ0v) is 9.69. The van der Waals surface area contributed by atoms with Gasteiger partial charge in [0.1, 0.15) is 0 Å². The lowest BCUT2D eigenvalue weighted by atomic mass is 10.1. The van der Waals surface area contributed by atoms with Crippen molar-refractivity contribution < 1.29 is 4.79 Å². The number of amides is 1. The summed E-state index contributed by atoms with van der Waals surface area (Å²) in [6.07, 6.45) is 5.28. The van der Waals surface area contributed by atoms with Crippen LogP contribution in [-0.2, 0) is 4.79 Å². The average Bonchev–Trinajstić information content (AvgIpc) is 1.98. The van der Waals surface area contributed by atoms with Gasteiger partial charge < -0.3 is 5.32 Å². The summed E-state index contributed by atoms with van der Waals surface area (Å²) in [5, 5.41) is 5.83. The number of carbonyl (C=O) groups excluding carboxylic acids is 1. The molecule has 2 N–H and O–H groups in total. The molecule has 0 unspecified atom stereocenters. The van der Waals surface area contributed by atoms with Crippen LogP contribution in [0.2, 0.25) is 0 Å². The molecule has 1 amide bonds. The Labute approximate surface area is 86.6 Å². The quantitative estimate of drug-likeness (QED) is 0.659. The van der Waals surface area contributed by atoms with Gasteiger partial charge >= 0.3 is 0 Å². The molecule has 3 heteroatoms. The van der Waals surface area contributed by atoms with Gasteiger partial charge in [0.25, 0.3) is 0 Å². The summed E-state index contributed by atoms with van der Waals surface area (Å²) in [6.45, 7) is 9.79. The van der Waals surface area contributed by atoms with Crippen molar-refractivity contribution in [3.63, 3.8) is 0 Å². The minimum absolute atomic E-state index is 0.0409. The Bertz CT molecular complexity index is 243. The molecule has 0 atom stereocenters. The molecule has 0 heterocycles. The maximum atomic E-state index is 11.4. The van der Waals surface area contributed by atoms with Gasteiger partial charge in [-0.25, -0.2) is 0 Å². The molecule has 3 nitrogen and oxygen atoms in total. The van der Waals surface area contributed by atoms with E-state index >= 15 is 0 Å². The number of carbonyl (C=O) groups is 1. The van der Waals surface area contributed by atoms with Gasteiger partial charge in [-0.1, -0.05) is 5.92 Å². The zero-order valence-electron chi connectivity index (χ0n) is 9.69. The normalized spacial score (nSPS) is 12.0. The summed E-state index contributed by atoms with van der Waals surface area (Å²) in [5.41, 5.74) is -0.631. The molecule has 0 spiro atoms. The van der Waals surface area contributed by atoms with Crippen molar-refractivity contribution in [2.24, 2.45) is 0 Å². The molecule has 0 aromatic rings. The molecular weight excluding hydrogens is 176 g/mol. The van der Waals surface area contributed by atoms with E-state index in [1.165, 1.54) is 0 Å². The minimum atomic E-state index is -0.435. The lowest BCUT2D eigenvalue weighted by molar-refractivity contribution is -0.121. The lowest BCUT2D eigenvalue weighted by Crippen LogP contribution is -2.49. The van der Waals surface area contributed by atoms with Crippen molar-refractivity contribution in [2.75, 3.05) is 6.54 Å². The monoisotopic (exact) mass is 196 g/mol. The van der Waals surface area contributed by atoms with Crippen LogP contribution >= 0.6 is 0 Å². The standard InChI is InChI=1S/C11H20N2O/c1-7-11(5,6)12-8-9(14)13-10(2,3)4/h1,12H,8H2,2-6H3,(H,13,14). The summed E-state index contributed by atoms with van der Waals surface area (Å²) in [6, 6.07) is 0. The minimum Gasteiger partial charge on any atom is -0.350 e. The largest absolute Gasteiger partial charge is 0.350 e. The molecule has 0 aromatic heterocycles. The Kier molecular flexibility index (Phi) is 4.15. The molecule has 0 saturated heterocycles. The van der Waals surface area contributed by atoms with Gasteiger partial charge in [-0.3, -0.25) is 10.1 Å².